The Balaban J connectivity index is 1.46. The lowest BCUT2D eigenvalue weighted by atomic mass is 10.1. The number of aromatic nitrogens is 2. The van der Waals surface area contributed by atoms with E-state index in [-0.39, 0.29) is 11.4 Å². The van der Waals surface area contributed by atoms with Crippen molar-refractivity contribution in [1.82, 2.24) is 13.9 Å². The average Bonchev–Trinajstić information content (AvgIpc) is 3.21. The van der Waals surface area contributed by atoms with Gasteiger partial charge in [0, 0.05) is 18.8 Å². The van der Waals surface area contributed by atoms with Gasteiger partial charge in [0.05, 0.1) is 15.9 Å². The number of hydrogen-bond donors (Lipinski definition) is 1. The molecule has 9 heteroatoms. The summed E-state index contributed by atoms with van der Waals surface area (Å²) in [6, 6.07) is 25.8. The Hall–Kier alpha value is -3.14. The molecule has 4 rings (SSSR count). The predicted octanol–water partition coefficient (Wildman–Crippen LogP) is 4.54. The number of hydrogen-bond acceptors (Lipinski definition) is 5. The third-order valence-corrected chi connectivity index (χ3v) is 8.55. The van der Waals surface area contributed by atoms with E-state index in [4.69, 9.17) is 0 Å². The Morgan fingerprint density at radius 2 is 1.57 bits per heavy atom. The number of benzene rings is 3. The number of carboxylic acids is 1. The van der Waals surface area contributed by atoms with Crippen LogP contribution in [-0.2, 0) is 27.8 Å². The van der Waals surface area contributed by atoms with Crippen LogP contribution in [0.3, 0.4) is 0 Å². The molecule has 0 atom stereocenters. The molecule has 0 bridgehead atoms. The monoisotopic (exact) mass is 509 g/mol. The summed E-state index contributed by atoms with van der Waals surface area (Å²) < 4.78 is 29.9. The molecule has 35 heavy (non-hydrogen) atoms. The minimum atomic E-state index is -3.64. The highest BCUT2D eigenvalue weighted by Crippen LogP contribution is 2.25. The van der Waals surface area contributed by atoms with Crippen molar-refractivity contribution < 1.29 is 18.3 Å². The smallest absolute Gasteiger partial charge is 0.323 e. The summed E-state index contributed by atoms with van der Waals surface area (Å²) in [4.78, 5) is 16.3. The summed E-state index contributed by atoms with van der Waals surface area (Å²) in [5.41, 5.74) is 2.60. The number of fused-ring (bicyclic) bond motifs is 1. The van der Waals surface area contributed by atoms with Crippen molar-refractivity contribution in [3.8, 4) is 0 Å². The quantitative estimate of drug-likeness (QED) is 0.223. The van der Waals surface area contributed by atoms with Gasteiger partial charge in [0.25, 0.3) is 0 Å². The Bertz CT molecular complexity index is 1370. The highest BCUT2D eigenvalue weighted by molar-refractivity contribution is 7.99. The first-order valence-electron chi connectivity index (χ1n) is 11.3. The molecule has 0 unspecified atom stereocenters. The molecule has 0 aliphatic rings. The van der Waals surface area contributed by atoms with E-state index in [9.17, 15) is 18.3 Å². The van der Waals surface area contributed by atoms with Crippen LogP contribution in [0.4, 0.5) is 0 Å². The molecule has 0 amide bonds. The number of para-hydroxylation sites is 2. The van der Waals surface area contributed by atoms with E-state index in [2.05, 4.69) is 4.98 Å². The molecular formula is C26H27N3O4S2. The van der Waals surface area contributed by atoms with E-state index in [0.717, 1.165) is 16.6 Å². The summed E-state index contributed by atoms with van der Waals surface area (Å²) in [7, 11) is -3.64. The maximum atomic E-state index is 13.3. The Morgan fingerprint density at radius 3 is 2.29 bits per heavy atom. The van der Waals surface area contributed by atoms with Gasteiger partial charge in [-0.15, -0.1) is 0 Å². The molecular weight excluding hydrogens is 482 g/mol. The fourth-order valence-electron chi connectivity index (χ4n) is 3.85. The molecule has 1 heterocycles. The minimum Gasteiger partial charge on any atom is -0.480 e. The predicted molar refractivity (Wildman–Crippen MR) is 138 cm³/mol. The second-order valence-electron chi connectivity index (χ2n) is 8.02. The van der Waals surface area contributed by atoms with Crippen LogP contribution in [0.15, 0.2) is 95.0 Å². The molecule has 7 nitrogen and oxygen atoms in total. The van der Waals surface area contributed by atoms with Crippen molar-refractivity contribution in [3.63, 3.8) is 0 Å². The fraction of sp³-hybridized carbons (Fsp3) is 0.231. The number of carbonyl (C=O) groups is 1. The van der Waals surface area contributed by atoms with Gasteiger partial charge >= 0.3 is 5.97 Å². The second kappa shape index (κ2) is 11.5. The highest BCUT2D eigenvalue weighted by Gasteiger charge is 2.24. The molecule has 0 radical (unpaired) electrons. The third-order valence-electron chi connectivity index (χ3n) is 5.57. The Labute approximate surface area is 209 Å². The normalized spacial score (nSPS) is 11.8. The summed E-state index contributed by atoms with van der Waals surface area (Å²) in [6.07, 6.45) is 1.22. The van der Waals surface area contributed by atoms with Crippen molar-refractivity contribution in [2.24, 2.45) is 0 Å². The van der Waals surface area contributed by atoms with Gasteiger partial charge in [-0.3, -0.25) is 4.79 Å². The lowest BCUT2D eigenvalue weighted by Gasteiger charge is -2.22. The van der Waals surface area contributed by atoms with Crippen molar-refractivity contribution in [1.29, 1.82) is 0 Å². The number of sulfonamides is 1. The van der Waals surface area contributed by atoms with E-state index in [1.54, 1.807) is 34.9 Å². The molecule has 0 aliphatic heterocycles. The first-order valence-corrected chi connectivity index (χ1v) is 13.8. The summed E-state index contributed by atoms with van der Waals surface area (Å²) in [5.74, 6) is -0.328. The number of nitrogens with zero attached hydrogens (tertiary/aromatic N) is 3. The number of rotatable bonds is 12. The van der Waals surface area contributed by atoms with Crippen LogP contribution < -0.4 is 0 Å². The van der Waals surface area contributed by atoms with Crippen molar-refractivity contribution in [2.75, 3.05) is 18.8 Å². The first kappa shape index (κ1) is 25.0. The lowest BCUT2D eigenvalue weighted by molar-refractivity contribution is -0.137. The first-order chi connectivity index (χ1) is 16.9. The maximum Gasteiger partial charge on any atom is 0.323 e. The van der Waals surface area contributed by atoms with Crippen molar-refractivity contribution in [2.45, 2.75) is 29.4 Å². The zero-order valence-electron chi connectivity index (χ0n) is 19.2. The molecule has 0 fully saturated rings. The lowest BCUT2D eigenvalue weighted by Crippen LogP contribution is -2.34. The third kappa shape index (κ3) is 6.30. The largest absolute Gasteiger partial charge is 0.480 e. The van der Waals surface area contributed by atoms with Crippen molar-refractivity contribution >= 4 is 38.8 Å². The maximum absolute atomic E-state index is 13.3. The molecule has 0 aliphatic carbocycles. The van der Waals surface area contributed by atoms with Crippen LogP contribution in [-0.4, -0.2) is 52.2 Å². The zero-order valence-corrected chi connectivity index (χ0v) is 20.8. The van der Waals surface area contributed by atoms with Crippen LogP contribution in [0.25, 0.3) is 11.0 Å². The van der Waals surface area contributed by atoms with Crippen molar-refractivity contribution in [3.05, 3.63) is 90.5 Å². The molecule has 182 valence electrons. The zero-order chi connectivity index (χ0) is 24.7. The second-order valence-corrected chi connectivity index (χ2v) is 11.0. The highest BCUT2D eigenvalue weighted by atomic mass is 32.2. The number of carboxylic acid groups (broad SMARTS) is 1. The summed E-state index contributed by atoms with van der Waals surface area (Å²) in [6.45, 7) is 0.564. The van der Waals surface area contributed by atoms with E-state index in [1.165, 1.54) is 16.1 Å². The molecule has 4 aromatic rings. The van der Waals surface area contributed by atoms with Gasteiger partial charge in [0.2, 0.25) is 10.0 Å². The minimum absolute atomic E-state index is 0.172. The molecule has 1 aromatic heterocycles. The van der Waals surface area contributed by atoms with Gasteiger partial charge in [-0.2, -0.15) is 4.31 Å². The average molecular weight is 510 g/mol. The van der Waals surface area contributed by atoms with E-state index >= 15 is 0 Å². The number of thioether (sulfide) groups is 1. The van der Waals surface area contributed by atoms with Crippen LogP contribution in [0.5, 0.6) is 0 Å². The van der Waals surface area contributed by atoms with Crippen LogP contribution >= 0.6 is 11.8 Å². The number of imidazole rings is 1. The van der Waals surface area contributed by atoms with E-state index < -0.39 is 16.0 Å². The van der Waals surface area contributed by atoms with Gasteiger partial charge in [-0.1, -0.05) is 72.4 Å². The van der Waals surface area contributed by atoms with Gasteiger partial charge < -0.3 is 9.67 Å². The Morgan fingerprint density at radius 1 is 0.914 bits per heavy atom. The van der Waals surface area contributed by atoms with Crippen LogP contribution in [0.1, 0.15) is 12.0 Å². The molecule has 0 spiro atoms. The van der Waals surface area contributed by atoms with Gasteiger partial charge in [-0.05, 0) is 42.7 Å². The van der Waals surface area contributed by atoms with Gasteiger partial charge in [0.1, 0.15) is 6.54 Å². The summed E-state index contributed by atoms with van der Waals surface area (Å²) >= 11 is 1.44. The summed E-state index contributed by atoms with van der Waals surface area (Å²) in [5, 5.41) is 9.95. The molecule has 0 saturated heterocycles. The standard InChI is InChI=1S/C26H27N3O4S2/c30-25(31)20-29-24-15-8-7-14-23(24)27-26(29)34-19-9-17-28(18-16-21-10-3-1-4-11-21)35(32,33)22-12-5-2-6-13-22/h1-8,10-15H,9,16-20H2,(H,30,31). The Kier molecular flexibility index (Phi) is 8.22. The van der Waals surface area contributed by atoms with Crippen LogP contribution in [0, 0.1) is 0 Å². The van der Waals surface area contributed by atoms with Crippen LogP contribution in [0.2, 0.25) is 0 Å². The molecule has 1 N–H and O–H groups in total. The number of aliphatic carboxylic acids is 1. The fourth-order valence-corrected chi connectivity index (χ4v) is 6.29. The van der Waals surface area contributed by atoms with Gasteiger partial charge in [-0.25, -0.2) is 13.4 Å². The SMILES string of the molecule is O=C(O)Cn1c(SCCCN(CCc2ccccc2)S(=O)(=O)c2ccccc2)nc2ccccc21. The molecule has 0 saturated carbocycles. The molecule has 3 aromatic carbocycles. The topological polar surface area (TPSA) is 92.5 Å². The van der Waals surface area contributed by atoms with E-state index in [0.29, 0.717) is 36.8 Å². The van der Waals surface area contributed by atoms with E-state index in [1.807, 2.05) is 54.6 Å². The van der Waals surface area contributed by atoms with Gasteiger partial charge in [0.15, 0.2) is 5.16 Å².